The van der Waals surface area contributed by atoms with Crippen LogP contribution >= 0.6 is 0 Å². The number of carbonyl (C=O) groups excluding carboxylic acids is 1. The van der Waals surface area contributed by atoms with E-state index in [2.05, 4.69) is 19.1 Å². The molecule has 16 heavy (non-hydrogen) atoms. The molecule has 1 aromatic carbocycles. The van der Waals surface area contributed by atoms with Crippen molar-refractivity contribution < 1.29 is 9.53 Å². The van der Waals surface area contributed by atoms with Gasteiger partial charge in [-0.2, -0.15) is 0 Å². The maximum absolute atomic E-state index is 11.4. The van der Waals surface area contributed by atoms with Gasteiger partial charge in [-0.05, 0) is 25.3 Å². The van der Waals surface area contributed by atoms with E-state index in [1.807, 2.05) is 31.2 Å². The smallest absolute Gasteiger partial charge is 0.333 e. The predicted molar refractivity (Wildman–Crippen MR) is 65.2 cm³/mol. The van der Waals surface area contributed by atoms with Crippen molar-refractivity contribution in [3.63, 3.8) is 0 Å². The minimum Gasteiger partial charge on any atom is -0.463 e. The molecule has 0 aliphatic heterocycles. The molecule has 0 aliphatic rings. The molecule has 0 bridgehead atoms. The second kappa shape index (κ2) is 6.11. The van der Waals surface area contributed by atoms with Crippen LogP contribution in [0.3, 0.4) is 0 Å². The van der Waals surface area contributed by atoms with E-state index >= 15 is 0 Å². The number of hydrogen-bond donors (Lipinski definition) is 0. The largest absolute Gasteiger partial charge is 0.463 e. The molecule has 0 N–H and O–H groups in total. The summed E-state index contributed by atoms with van der Waals surface area (Å²) >= 11 is 0. The number of carbonyl (C=O) groups is 1. The van der Waals surface area contributed by atoms with Crippen LogP contribution in [0.2, 0.25) is 0 Å². The maximum Gasteiger partial charge on any atom is 0.333 e. The van der Waals surface area contributed by atoms with E-state index < -0.39 is 0 Å². The van der Waals surface area contributed by atoms with Crippen LogP contribution in [0.25, 0.3) is 0 Å². The Kier molecular flexibility index (Phi) is 4.77. The fraction of sp³-hybridized carbons (Fsp3) is 0.357. The lowest BCUT2D eigenvalue weighted by molar-refractivity contribution is -0.138. The van der Waals surface area contributed by atoms with Crippen LogP contribution in [0.1, 0.15) is 32.3 Å². The van der Waals surface area contributed by atoms with E-state index in [1.54, 1.807) is 6.92 Å². The quantitative estimate of drug-likeness (QED) is 0.572. The third-order valence-corrected chi connectivity index (χ3v) is 2.42. The van der Waals surface area contributed by atoms with Gasteiger partial charge < -0.3 is 4.74 Å². The molecule has 1 rings (SSSR count). The van der Waals surface area contributed by atoms with E-state index in [0.29, 0.717) is 12.2 Å². The van der Waals surface area contributed by atoms with Crippen LogP contribution < -0.4 is 0 Å². The minimum atomic E-state index is -0.231. The molecule has 0 heterocycles. The van der Waals surface area contributed by atoms with E-state index in [1.165, 1.54) is 5.56 Å². The molecular weight excluding hydrogens is 200 g/mol. The first kappa shape index (κ1) is 12.5. The maximum atomic E-state index is 11.4. The molecular formula is C14H18O2. The highest BCUT2D eigenvalue weighted by molar-refractivity contribution is 5.87. The topological polar surface area (TPSA) is 26.3 Å². The van der Waals surface area contributed by atoms with Crippen molar-refractivity contribution in [3.05, 3.63) is 47.5 Å². The van der Waals surface area contributed by atoms with Crippen molar-refractivity contribution in [1.29, 1.82) is 0 Å². The Morgan fingerprint density at radius 2 is 2.00 bits per heavy atom. The SMILES string of the molecule is CCOC(=O)C(C)=C[C@H](C)c1ccccc1. The zero-order valence-electron chi connectivity index (χ0n) is 10.1. The third kappa shape index (κ3) is 3.54. The molecule has 0 aromatic heterocycles. The van der Waals surface area contributed by atoms with Crippen LogP contribution in [-0.4, -0.2) is 12.6 Å². The number of esters is 1. The third-order valence-electron chi connectivity index (χ3n) is 2.42. The standard InChI is InChI=1S/C14H18O2/c1-4-16-14(15)12(3)10-11(2)13-8-6-5-7-9-13/h5-11H,4H2,1-3H3/t11-/m0/s1. The average molecular weight is 218 g/mol. The Labute approximate surface area is 96.9 Å². The summed E-state index contributed by atoms with van der Waals surface area (Å²) in [6.07, 6.45) is 1.94. The summed E-state index contributed by atoms with van der Waals surface area (Å²) < 4.78 is 4.93. The van der Waals surface area contributed by atoms with Gasteiger partial charge in [0, 0.05) is 5.57 Å². The van der Waals surface area contributed by atoms with E-state index in [9.17, 15) is 4.79 Å². The van der Waals surface area contributed by atoms with Gasteiger partial charge in [0.05, 0.1) is 6.61 Å². The minimum absolute atomic E-state index is 0.227. The lowest BCUT2D eigenvalue weighted by atomic mass is 9.99. The van der Waals surface area contributed by atoms with Crippen molar-refractivity contribution in [2.24, 2.45) is 0 Å². The Bertz CT molecular complexity index is 366. The highest BCUT2D eigenvalue weighted by Gasteiger charge is 2.07. The fourth-order valence-corrected chi connectivity index (χ4v) is 1.54. The van der Waals surface area contributed by atoms with Crippen molar-refractivity contribution in [2.75, 3.05) is 6.61 Å². The first-order chi connectivity index (χ1) is 7.65. The molecule has 0 saturated carbocycles. The molecule has 1 atom stereocenters. The molecule has 0 spiro atoms. The van der Waals surface area contributed by atoms with E-state index in [4.69, 9.17) is 4.74 Å². The van der Waals surface area contributed by atoms with Crippen LogP contribution in [0.15, 0.2) is 42.0 Å². The van der Waals surface area contributed by atoms with Crippen LogP contribution in [0.5, 0.6) is 0 Å². The average Bonchev–Trinajstić information content (AvgIpc) is 2.30. The van der Waals surface area contributed by atoms with Crippen molar-refractivity contribution >= 4 is 5.97 Å². The van der Waals surface area contributed by atoms with Crippen molar-refractivity contribution in [1.82, 2.24) is 0 Å². The molecule has 0 aliphatic carbocycles. The summed E-state index contributed by atoms with van der Waals surface area (Å²) in [4.78, 5) is 11.4. The monoisotopic (exact) mass is 218 g/mol. The number of hydrogen-bond acceptors (Lipinski definition) is 2. The van der Waals surface area contributed by atoms with E-state index in [-0.39, 0.29) is 11.9 Å². The van der Waals surface area contributed by atoms with Gasteiger partial charge >= 0.3 is 5.97 Å². The first-order valence-electron chi connectivity index (χ1n) is 5.55. The van der Waals surface area contributed by atoms with Gasteiger partial charge in [-0.1, -0.05) is 43.3 Å². The zero-order valence-corrected chi connectivity index (χ0v) is 10.1. The molecule has 0 radical (unpaired) electrons. The van der Waals surface area contributed by atoms with Gasteiger partial charge in [0.15, 0.2) is 0 Å². The van der Waals surface area contributed by atoms with Crippen LogP contribution in [0, 0.1) is 0 Å². The highest BCUT2D eigenvalue weighted by atomic mass is 16.5. The Morgan fingerprint density at radius 3 is 2.56 bits per heavy atom. The second-order valence-electron chi connectivity index (χ2n) is 3.77. The normalized spacial score (nSPS) is 13.3. The molecule has 0 unspecified atom stereocenters. The molecule has 0 saturated heterocycles. The Hall–Kier alpha value is -1.57. The summed E-state index contributed by atoms with van der Waals surface area (Å²) in [7, 11) is 0. The predicted octanol–water partition coefficient (Wildman–Crippen LogP) is 3.30. The van der Waals surface area contributed by atoms with Gasteiger partial charge in [-0.3, -0.25) is 0 Å². The lowest BCUT2D eigenvalue weighted by Gasteiger charge is -2.08. The summed E-state index contributed by atoms with van der Waals surface area (Å²) in [6.45, 7) is 6.09. The zero-order chi connectivity index (χ0) is 12.0. The number of allylic oxidation sites excluding steroid dienone is 1. The van der Waals surface area contributed by atoms with E-state index in [0.717, 1.165) is 0 Å². The second-order valence-corrected chi connectivity index (χ2v) is 3.77. The summed E-state index contributed by atoms with van der Waals surface area (Å²) in [5.41, 5.74) is 1.87. The number of rotatable bonds is 4. The molecule has 0 fully saturated rings. The molecule has 0 amide bonds. The Balaban J connectivity index is 2.73. The van der Waals surface area contributed by atoms with Crippen molar-refractivity contribution in [3.8, 4) is 0 Å². The van der Waals surface area contributed by atoms with Gasteiger partial charge in [-0.25, -0.2) is 4.79 Å². The first-order valence-corrected chi connectivity index (χ1v) is 5.55. The fourth-order valence-electron chi connectivity index (χ4n) is 1.54. The van der Waals surface area contributed by atoms with Gasteiger partial charge in [0.2, 0.25) is 0 Å². The van der Waals surface area contributed by atoms with Gasteiger partial charge in [0.25, 0.3) is 0 Å². The van der Waals surface area contributed by atoms with Crippen molar-refractivity contribution in [2.45, 2.75) is 26.7 Å². The molecule has 86 valence electrons. The van der Waals surface area contributed by atoms with Gasteiger partial charge in [-0.15, -0.1) is 0 Å². The van der Waals surface area contributed by atoms with Gasteiger partial charge in [0.1, 0.15) is 0 Å². The van der Waals surface area contributed by atoms with Crippen LogP contribution in [-0.2, 0) is 9.53 Å². The van der Waals surface area contributed by atoms with Crippen LogP contribution in [0.4, 0.5) is 0 Å². The Morgan fingerprint density at radius 1 is 1.38 bits per heavy atom. The summed E-state index contributed by atoms with van der Waals surface area (Å²) in [5.74, 6) is -0.00381. The molecule has 2 heteroatoms. The molecule has 2 nitrogen and oxygen atoms in total. The molecule has 1 aromatic rings. The lowest BCUT2D eigenvalue weighted by Crippen LogP contribution is -2.06. The number of ether oxygens (including phenoxy) is 1. The number of benzene rings is 1. The summed E-state index contributed by atoms with van der Waals surface area (Å²) in [6, 6.07) is 10.1. The highest BCUT2D eigenvalue weighted by Crippen LogP contribution is 2.18. The summed E-state index contributed by atoms with van der Waals surface area (Å²) in [5, 5.41) is 0.